The van der Waals surface area contributed by atoms with Crippen molar-refractivity contribution in [2.45, 2.75) is 51.7 Å². The van der Waals surface area contributed by atoms with E-state index in [1.165, 1.54) is 28.9 Å². The summed E-state index contributed by atoms with van der Waals surface area (Å²) in [5, 5.41) is 29.5. The van der Waals surface area contributed by atoms with Crippen molar-refractivity contribution >= 4 is 41.3 Å². The van der Waals surface area contributed by atoms with Gasteiger partial charge < -0.3 is 20.8 Å². The molecule has 4 N–H and O–H groups in total. The van der Waals surface area contributed by atoms with Crippen LogP contribution in [0.3, 0.4) is 0 Å². The van der Waals surface area contributed by atoms with Gasteiger partial charge in [-0.2, -0.15) is 0 Å². The first-order valence-corrected chi connectivity index (χ1v) is 10.5. The number of thiophene rings is 1. The molecule has 0 bridgehead atoms. The quantitative estimate of drug-likeness (QED) is 0.267. The van der Waals surface area contributed by atoms with Gasteiger partial charge in [-0.15, -0.1) is 35.3 Å². The van der Waals surface area contributed by atoms with Gasteiger partial charge in [-0.1, -0.05) is 12.1 Å². The summed E-state index contributed by atoms with van der Waals surface area (Å²) in [6.45, 7) is 5.32. The predicted octanol–water partition coefficient (Wildman–Crippen LogP) is 3.91. The van der Waals surface area contributed by atoms with E-state index in [4.69, 9.17) is 0 Å². The van der Waals surface area contributed by atoms with E-state index in [1.807, 2.05) is 30.5 Å². The van der Waals surface area contributed by atoms with Crippen molar-refractivity contribution in [1.29, 1.82) is 0 Å². The molecule has 2 aromatic rings. The molecule has 0 spiro atoms. The van der Waals surface area contributed by atoms with E-state index in [0.29, 0.717) is 24.8 Å². The second-order valence-corrected chi connectivity index (χ2v) is 8.16. The van der Waals surface area contributed by atoms with Gasteiger partial charge in [0.2, 0.25) is 0 Å². The first kappa shape index (κ1) is 23.0. The van der Waals surface area contributed by atoms with Crippen molar-refractivity contribution in [3.8, 4) is 5.75 Å². The van der Waals surface area contributed by atoms with E-state index >= 15 is 0 Å². The lowest BCUT2D eigenvalue weighted by atomic mass is 9.88. The van der Waals surface area contributed by atoms with Crippen molar-refractivity contribution in [1.82, 2.24) is 10.6 Å². The molecule has 1 atom stereocenters. The highest BCUT2D eigenvalue weighted by atomic mass is 127. The van der Waals surface area contributed by atoms with Crippen LogP contribution in [0.25, 0.3) is 0 Å². The molecule has 1 unspecified atom stereocenters. The maximum Gasteiger partial charge on any atom is 0.191 e. The Kier molecular flexibility index (Phi) is 8.57. The highest BCUT2D eigenvalue weighted by molar-refractivity contribution is 14.0. The van der Waals surface area contributed by atoms with E-state index < -0.39 is 5.60 Å². The Morgan fingerprint density at radius 3 is 2.71 bits per heavy atom. The monoisotopic (exact) mass is 515 g/mol. The van der Waals surface area contributed by atoms with Crippen molar-refractivity contribution in [2.24, 2.45) is 4.99 Å². The van der Waals surface area contributed by atoms with E-state index in [0.717, 1.165) is 36.2 Å². The molecular weight excluding hydrogens is 485 g/mol. The molecule has 0 radical (unpaired) electrons. The number of halogens is 1. The maximum absolute atomic E-state index is 10.7. The number of fused-ring (bicyclic) bond motifs is 1. The van der Waals surface area contributed by atoms with E-state index in [-0.39, 0.29) is 24.0 Å². The minimum atomic E-state index is -0.960. The molecule has 7 heteroatoms. The molecule has 28 heavy (non-hydrogen) atoms. The fraction of sp³-hybridized carbons (Fsp3) is 0.476. The second-order valence-electron chi connectivity index (χ2n) is 7.21. The van der Waals surface area contributed by atoms with Gasteiger partial charge in [-0.05, 0) is 68.2 Å². The zero-order chi connectivity index (χ0) is 19.3. The minimum absolute atomic E-state index is 0. The molecule has 0 fully saturated rings. The summed E-state index contributed by atoms with van der Waals surface area (Å²) in [4.78, 5) is 5.58. The fourth-order valence-electron chi connectivity index (χ4n) is 3.50. The standard InChI is InChI=1S/C21H29N3O2S.HI/c1-3-22-20(24-14-21(2,26)19-9-6-12-27-19)23-13-17-16-8-5-4-7-15(16)10-11-18(17)25;/h6,9-12,25-26H,3-5,7-8,13-14H2,1-2H3,(H2,22,23,24);1H. The number of guanidine groups is 1. The summed E-state index contributed by atoms with van der Waals surface area (Å²) in [7, 11) is 0. The second kappa shape index (κ2) is 10.5. The lowest BCUT2D eigenvalue weighted by Crippen LogP contribution is -2.44. The number of nitrogens with zero attached hydrogens (tertiary/aromatic N) is 1. The summed E-state index contributed by atoms with van der Waals surface area (Å²) in [6.07, 6.45) is 4.46. The fourth-order valence-corrected chi connectivity index (χ4v) is 4.28. The molecule has 1 aromatic heterocycles. The third-order valence-electron chi connectivity index (χ3n) is 5.02. The molecule has 1 aliphatic carbocycles. The van der Waals surface area contributed by atoms with Crippen LogP contribution in [0.5, 0.6) is 5.75 Å². The molecule has 0 saturated carbocycles. The third-order valence-corrected chi connectivity index (χ3v) is 6.14. The first-order chi connectivity index (χ1) is 13.0. The Morgan fingerprint density at radius 1 is 1.21 bits per heavy atom. The van der Waals surface area contributed by atoms with Crippen LogP contribution in [0.4, 0.5) is 0 Å². The molecular formula is C21H30IN3O2S. The minimum Gasteiger partial charge on any atom is -0.508 e. The number of phenolic OH excluding ortho intramolecular Hbond substituents is 1. The Hall–Kier alpha value is -1.32. The number of aryl methyl sites for hydroxylation is 1. The molecule has 3 rings (SSSR count). The van der Waals surface area contributed by atoms with E-state index in [1.54, 1.807) is 13.0 Å². The number of hydrogen-bond donors (Lipinski definition) is 4. The van der Waals surface area contributed by atoms with Crippen molar-refractivity contribution in [3.63, 3.8) is 0 Å². The molecule has 5 nitrogen and oxygen atoms in total. The van der Waals surface area contributed by atoms with Gasteiger partial charge in [-0.3, -0.25) is 0 Å². The highest BCUT2D eigenvalue weighted by Gasteiger charge is 2.24. The number of nitrogens with one attached hydrogen (secondary N) is 2. The maximum atomic E-state index is 10.7. The number of aliphatic imine (C=N–C) groups is 1. The molecule has 154 valence electrons. The van der Waals surface area contributed by atoms with Crippen LogP contribution >= 0.6 is 35.3 Å². The summed E-state index contributed by atoms with van der Waals surface area (Å²) in [5.41, 5.74) is 2.56. The predicted molar refractivity (Wildman–Crippen MR) is 127 cm³/mol. The van der Waals surface area contributed by atoms with E-state index in [2.05, 4.69) is 15.6 Å². The molecule has 0 saturated heterocycles. The Bertz CT molecular complexity index is 791. The van der Waals surface area contributed by atoms with Crippen molar-refractivity contribution < 1.29 is 10.2 Å². The first-order valence-electron chi connectivity index (χ1n) is 9.62. The Morgan fingerprint density at radius 2 is 2.00 bits per heavy atom. The van der Waals surface area contributed by atoms with Crippen LogP contribution < -0.4 is 10.6 Å². The van der Waals surface area contributed by atoms with Crippen LogP contribution in [0, 0.1) is 0 Å². The largest absolute Gasteiger partial charge is 0.508 e. The smallest absolute Gasteiger partial charge is 0.191 e. The zero-order valence-corrected chi connectivity index (χ0v) is 19.6. The highest BCUT2D eigenvalue weighted by Crippen LogP contribution is 2.31. The average molecular weight is 515 g/mol. The Balaban J connectivity index is 0.00000280. The molecule has 1 aliphatic rings. The summed E-state index contributed by atoms with van der Waals surface area (Å²) in [5.74, 6) is 0.961. The molecule has 1 aromatic carbocycles. The summed E-state index contributed by atoms with van der Waals surface area (Å²) >= 11 is 1.54. The van der Waals surface area contributed by atoms with Gasteiger partial charge in [0.25, 0.3) is 0 Å². The number of hydrogen-bond acceptors (Lipinski definition) is 4. The van der Waals surface area contributed by atoms with Crippen molar-refractivity contribution in [3.05, 3.63) is 51.2 Å². The molecule has 0 aliphatic heterocycles. The van der Waals surface area contributed by atoms with Crippen LogP contribution in [-0.2, 0) is 25.0 Å². The van der Waals surface area contributed by atoms with Crippen LogP contribution in [0.1, 0.15) is 48.3 Å². The van der Waals surface area contributed by atoms with Crippen molar-refractivity contribution in [2.75, 3.05) is 13.1 Å². The Labute approximate surface area is 188 Å². The zero-order valence-electron chi connectivity index (χ0n) is 16.5. The summed E-state index contributed by atoms with van der Waals surface area (Å²) < 4.78 is 0. The van der Waals surface area contributed by atoms with Crippen LogP contribution in [-0.4, -0.2) is 29.3 Å². The third kappa shape index (κ3) is 5.61. The average Bonchev–Trinajstić information content (AvgIpc) is 3.21. The SMILES string of the molecule is CCNC(=NCc1c(O)ccc2c1CCCC2)NCC(C)(O)c1cccs1.I. The molecule has 1 heterocycles. The number of rotatable bonds is 6. The molecule has 0 amide bonds. The van der Waals surface area contributed by atoms with Crippen LogP contribution in [0.15, 0.2) is 34.6 Å². The van der Waals surface area contributed by atoms with Gasteiger partial charge in [-0.25, -0.2) is 4.99 Å². The topological polar surface area (TPSA) is 76.9 Å². The van der Waals surface area contributed by atoms with Gasteiger partial charge in [0.1, 0.15) is 11.4 Å². The van der Waals surface area contributed by atoms with Gasteiger partial charge in [0.05, 0.1) is 13.1 Å². The van der Waals surface area contributed by atoms with Gasteiger partial charge >= 0.3 is 0 Å². The normalized spacial score (nSPS) is 15.9. The number of aromatic hydroxyl groups is 1. The van der Waals surface area contributed by atoms with Gasteiger partial charge in [0, 0.05) is 17.0 Å². The number of phenols is 1. The van der Waals surface area contributed by atoms with Gasteiger partial charge in [0.15, 0.2) is 5.96 Å². The lowest BCUT2D eigenvalue weighted by Gasteiger charge is -2.24. The number of aliphatic hydroxyl groups is 1. The summed E-state index contributed by atoms with van der Waals surface area (Å²) in [6, 6.07) is 7.70. The number of benzene rings is 1. The van der Waals surface area contributed by atoms with E-state index in [9.17, 15) is 10.2 Å². The van der Waals surface area contributed by atoms with Crippen LogP contribution in [0.2, 0.25) is 0 Å². The lowest BCUT2D eigenvalue weighted by molar-refractivity contribution is 0.0655.